The maximum Gasteiger partial charge on any atom is 0.230 e. The van der Waals surface area contributed by atoms with E-state index in [1.54, 1.807) is 23.5 Å². The average molecular weight is 440 g/mol. The van der Waals surface area contributed by atoms with E-state index < -0.39 is 0 Å². The molecule has 1 aromatic carbocycles. The Balaban J connectivity index is 1.45. The zero-order valence-corrected chi connectivity index (χ0v) is 17.4. The number of nitrogens with one attached hydrogen (secondary N) is 1. The summed E-state index contributed by atoms with van der Waals surface area (Å²) in [5.41, 5.74) is 3.70. The predicted octanol–water partition coefficient (Wildman–Crippen LogP) is 5.28. The van der Waals surface area contributed by atoms with Gasteiger partial charge in [0.15, 0.2) is 5.13 Å². The van der Waals surface area contributed by atoms with Crippen molar-refractivity contribution in [3.63, 3.8) is 0 Å². The highest BCUT2D eigenvalue weighted by atomic mass is 35.5. The third-order valence-electron chi connectivity index (χ3n) is 4.15. The molecule has 9 heteroatoms. The highest BCUT2D eigenvalue weighted by molar-refractivity contribution is 7.14. The van der Waals surface area contributed by atoms with Crippen LogP contribution in [0.4, 0.5) is 10.1 Å². The largest absolute Gasteiger partial charge is 0.356 e. The number of halogens is 2. The van der Waals surface area contributed by atoms with Gasteiger partial charge in [0.2, 0.25) is 5.91 Å². The van der Waals surface area contributed by atoms with Gasteiger partial charge in [-0.25, -0.2) is 4.98 Å². The summed E-state index contributed by atoms with van der Waals surface area (Å²) in [5.74, 6) is -0.0983. The van der Waals surface area contributed by atoms with Gasteiger partial charge < -0.3 is 15.0 Å². The fourth-order valence-electron chi connectivity index (χ4n) is 2.83. The first-order valence-electron chi connectivity index (χ1n) is 8.10. The summed E-state index contributed by atoms with van der Waals surface area (Å²) in [7, 11) is 1.98. The Labute approximate surface area is 174 Å². The van der Waals surface area contributed by atoms with E-state index in [1.165, 1.54) is 16.3 Å². The van der Waals surface area contributed by atoms with Crippen molar-refractivity contribution in [3.8, 4) is 11.3 Å². The first-order chi connectivity index (χ1) is 13.0. The Hall–Kier alpha value is -1.64. The van der Waals surface area contributed by atoms with Gasteiger partial charge in [-0.15, -0.1) is 22.7 Å². The summed E-state index contributed by atoms with van der Waals surface area (Å²) in [4.78, 5) is 19.0. The normalized spacial score (nSPS) is 13.5. The van der Waals surface area contributed by atoms with Crippen LogP contribution < -0.4 is 10.2 Å². The van der Waals surface area contributed by atoms with Crippen molar-refractivity contribution < 1.29 is 9.53 Å². The number of hydrogen-bond donors (Lipinski definition) is 1. The molecule has 2 aromatic heterocycles. The molecule has 0 unspecified atom stereocenters. The molecule has 27 heavy (non-hydrogen) atoms. The lowest BCUT2D eigenvalue weighted by atomic mass is 10.1. The molecule has 3 aromatic rings. The standard InChI is InChI=1S/C18H15Cl2N3O2S2/c1-23-9-25-6-12-11(7-26-17(12)23)5-16(24)22-18-21-15(8-27-18)10-2-3-13(19)14(20)4-10/h2-4,7-8H,5-6,9H2,1H3,(H,21,22,24). The Kier molecular flexibility index (Phi) is 5.39. The minimum Gasteiger partial charge on any atom is -0.356 e. The summed E-state index contributed by atoms with van der Waals surface area (Å²) in [6, 6.07) is 5.34. The van der Waals surface area contributed by atoms with E-state index >= 15 is 0 Å². The number of rotatable bonds is 4. The van der Waals surface area contributed by atoms with Crippen LogP contribution in [0.5, 0.6) is 0 Å². The lowest BCUT2D eigenvalue weighted by Crippen LogP contribution is -2.26. The van der Waals surface area contributed by atoms with Crippen molar-refractivity contribution >= 4 is 61.9 Å². The molecule has 1 amide bonds. The smallest absolute Gasteiger partial charge is 0.230 e. The van der Waals surface area contributed by atoms with Gasteiger partial charge in [-0.3, -0.25) is 4.79 Å². The lowest BCUT2D eigenvalue weighted by Gasteiger charge is -2.24. The summed E-state index contributed by atoms with van der Waals surface area (Å²) in [6.07, 6.45) is 0.296. The van der Waals surface area contributed by atoms with Crippen molar-refractivity contribution in [3.05, 3.63) is 50.1 Å². The molecule has 5 nitrogen and oxygen atoms in total. The Morgan fingerprint density at radius 1 is 1.30 bits per heavy atom. The molecule has 4 rings (SSSR count). The first kappa shape index (κ1) is 18.7. The number of thiazole rings is 1. The van der Waals surface area contributed by atoms with Gasteiger partial charge in [0.1, 0.15) is 6.73 Å². The molecule has 140 valence electrons. The van der Waals surface area contributed by atoms with Crippen LogP contribution in [0.1, 0.15) is 11.1 Å². The SMILES string of the molecule is CN1COCc2c(CC(=O)Nc3nc(-c4ccc(Cl)c(Cl)c4)cs3)csc21. The van der Waals surface area contributed by atoms with Gasteiger partial charge in [-0.2, -0.15) is 0 Å². The molecule has 3 heterocycles. The third kappa shape index (κ3) is 3.97. The molecular weight excluding hydrogens is 425 g/mol. The maximum atomic E-state index is 12.5. The highest BCUT2D eigenvalue weighted by Crippen LogP contribution is 2.35. The minimum absolute atomic E-state index is 0.0983. The van der Waals surface area contributed by atoms with Crippen LogP contribution in [-0.2, 0) is 22.6 Å². The first-order valence-corrected chi connectivity index (χ1v) is 10.6. The lowest BCUT2D eigenvalue weighted by molar-refractivity contribution is -0.115. The van der Waals surface area contributed by atoms with Crippen molar-refractivity contribution in [2.45, 2.75) is 13.0 Å². The van der Waals surface area contributed by atoms with Crippen LogP contribution in [0.25, 0.3) is 11.3 Å². The second-order valence-corrected chi connectivity index (χ2v) is 8.64. The molecule has 0 saturated heterocycles. The number of aromatic nitrogens is 1. The predicted molar refractivity (Wildman–Crippen MR) is 112 cm³/mol. The molecule has 1 aliphatic heterocycles. The molecule has 1 N–H and O–H groups in total. The minimum atomic E-state index is -0.0983. The second-order valence-electron chi connectivity index (χ2n) is 6.11. The van der Waals surface area contributed by atoms with Crippen LogP contribution in [0.3, 0.4) is 0 Å². The number of hydrogen-bond acceptors (Lipinski definition) is 6. The van der Waals surface area contributed by atoms with Gasteiger partial charge in [0.25, 0.3) is 0 Å². The number of fused-ring (bicyclic) bond motifs is 1. The number of carbonyl (C=O) groups excluding carboxylic acids is 1. The van der Waals surface area contributed by atoms with E-state index in [-0.39, 0.29) is 5.91 Å². The molecule has 0 bridgehead atoms. The third-order valence-corrected chi connectivity index (χ3v) is 6.83. The van der Waals surface area contributed by atoms with E-state index in [0.29, 0.717) is 34.9 Å². The number of carbonyl (C=O) groups is 1. The maximum absolute atomic E-state index is 12.5. The molecule has 0 fully saturated rings. The Bertz CT molecular complexity index is 1000. The molecule has 0 spiro atoms. The van der Waals surface area contributed by atoms with Crippen molar-refractivity contribution in [2.24, 2.45) is 0 Å². The quantitative estimate of drug-likeness (QED) is 0.600. The van der Waals surface area contributed by atoms with E-state index in [0.717, 1.165) is 22.4 Å². The van der Waals surface area contributed by atoms with Gasteiger partial charge >= 0.3 is 0 Å². The summed E-state index contributed by atoms with van der Waals surface area (Å²) in [5, 5.41) is 9.47. The van der Waals surface area contributed by atoms with Crippen LogP contribution >= 0.6 is 45.9 Å². The van der Waals surface area contributed by atoms with Crippen molar-refractivity contribution in [2.75, 3.05) is 24.0 Å². The number of anilines is 2. The zero-order chi connectivity index (χ0) is 19.0. The molecule has 1 aliphatic rings. The molecule has 0 radical (unpaired) electrons. The fourth-order valence-corrected chi connectivity index (χ4v) is 4.91. The van der Waals surface area contributed by atoms with Crippen LogP contribution in [0.2, 0.25) is 10.0 Å². The number of thiophene rings is 1. The number of benzene rings is 1. The number of nitrogens with zero attached hydrogens (tertiary/aromatic N) is 2. The number of ether oxygens (including phenoxy) is 1. The summed E-state index contributed by atoms with van der Waals surface area (Å²) >= 11 is 15.0. The fraction of sp³-hybridized carbons (Fsp3) is 0.222. The topological polar surface area (TPSA) is 54.5 Å². The summed E-state index contributed by atoms with van der Waals surface area (Å²) in [6.45, 7) is 1.13. The van der Waals surface area contributed by atoms with Crippen LogP contribution in [0.15, 0.2) is 29.0 Å². The van der Waals surface area contributed by atoms with E-state index in [4.69, 9.17) is 27.9 Å². The molecular formula is C18H15Cl2N3O2S2. The van der Waals surface area contributed by atoms with Crippen LogP contribution in [-0.4, -0.2) is 24.7 Å². The molecule has 0 atom stereocenters. The second kappa shape index (κ2) is 7.77. The molecule has 0 saturated carbocycles. The highest BCUT2D eigenvalue weighted by Gasteiger charge is 2.21. The van der Waals surface area contributed by atoms with Crippen LogP contribution in [0, 0.1) is 0 Å². The van der Waals surface area contributed by atoms with Gasteiger partial charge in [0.05, 0.1) is 33.8 Å². The zero-order valence-electron chi connectivity index (χ0n) is 14.3. The monoisotopic (exact) mass is 439 g/mol. The average Bonchev–Trinajstić information content (AvgIpc) is 3.26. The Morgan fingerprint density at radius 2 is 2.15 bits per heavy atom. The Morgan fingerprint density at radius 3 is 2.96 bits per heavy atom. The van der Waals surface area contributed by atoms with Gasteiger partial charge in [-0.1, -0.05) is 29.3 Å². The van der Waals surface area contributed by atoms with Crippen molar-refractivity contribution in [1.82, 2.24) is 4.98 Å². The van der Waals surface area contributed by atoms with Crippen molar-refractivity contribution in [1.29, 1.82) is 0 Å². The number of amides is 1. The molecule has 0 aliphatic carbocycles. The van der Waals surface area contributed by atoms with Gasteiger partial charge in [-0.05, 0) is 23.1 Å². The van der Waals surface area contributed by atoms with E-state index in [2.05, 4.69) is 15.2 Å². The summed E-state index contributed by atoms with van der Waals surface area (Å²) < 4.78 is 5.55. The van der Waals surface area contributed by atoms with Gasteiger partial charge in [0, 0.05) is 23.6 Å². The van der Waals surface area contributed by atoms with E-state index in [9.17, 15) is 4.79 Å². The van der Waals surface area contributed by atoms with E-state index in [1.807, 2.05) is 23.9 Å².